The molecule has 23 heavy (non-hydrogen) atoms. The van der Waals surface area contributed by atoms with Crippen LogP contribution in [0.1, 0.15) is 23.5 Å². The lowest BCUT2D eigenvalue weighted by Gasteiger charge is -2.16. The molecule has 0 aliphatic carbocycles. The molecule has 0 bridgehead atoms. The van der Waals surface area contributed by atoms with E-state index in [4.69, 9.17) is 0 Å². The van der Waals surface area contributed by atoms with Gasteiger partial charge in [0, 0.05) is 12.3 Å². The van der Waals surface area contributed by atoms with Crippen molar-refractivity contribution >= 4 is 11.9 Å². The molecule has 2 rings (SSSR count). The van der Waals surface area contributed by atoms with E-state index in [9.17, 15) is 15.3 Å². The van der Waals surface area contributed by atoms with Crippen molar-refractivity contribution in [1.29, 1.82) is 10.5 Å². The van der Waals surface area contributed by atoms with Crippen molar-refractivity contribution in [3.8, 4) is 12.1 Å². The molecule has 3 nitrogen and oxygen atoms in total. The van der Waals surface area contributed by atoms with E-state index >= 15 is 0 Å². The Morgan fingerprint density at radius 3 is 2.09 bits per heavy atom. The summed E-state index contributed by atoms with van der Waals surface area (Å²) in [4.78, 5) is 12.2. The highest BCUT2D eigenvalue weighted by atomic mass is 16.1. The van der Waals surface area contributed by atoms with E-state index in [-0.39, 0.29) is 12.2 Å². The molecule has 0 aliphatic heterocycles. The number of carbonyl (C=O) groups is 1. The summed E-state index contributed by atoms with van der Waals surface area (Å²) in [5, 5.41) is 18.4. The number of hydrogen-bond acceptors (Lipinski definition) is 3. The molecule has 0 radical (unpaired) electrons. The summed E-state index contributed by atoms with van der Waals surface area (Å²) in [5.41, 5.74) is 1.77. The average molecular weight is 300 g/mol. The topological polar surface area (TPSA) is 64.7 Å². The Kier molecular flexibility index (Phi) is 5.86. The number of benzene rings is 2. The molecule has 0 saturated heterocycles. The van der Waals surface area contributed by atoms with E-state index in [0.717, 1.165) is 11.1 Å². The molecular weight excluding hydrogens is 284 g/mol. The van der Waals surface area contributed by atoms with Crippen LogP contribution < -0.4 is 0 Å². The fraction of sp³-hybridized carbons (Fsp3) is 0.150. The lowest BCUT2D eigenvalue weighted by Crippen LogP contribution is -2.13. The zero-order chi connectivity index (χ0) is 16.5. The molecule has 3 heteroatoms. The third-order valence-corrected chi connectivity index (χ3v) is 3.59. The fourth-order valence-corrected chi connectivity index (χ4v) is 2.38. The predicted molar refractivity (Wildman–Crippen MR) is 89.0 cm³/mol. The molecule has 0 spiro atoms. The van der Waals surface area contributed by atoms with Crippen molar-refractivity contribution in [2.24, 2.45) is 5.92 Å². The van der Waals surface area contributed by atoms with E-state index in [0.29, 0.717) is 0 Å². The molecule has 0 amide bonds. The molecule has 0 heterocycles. The van der Waals surface area contributed by atoms with E-state index in [1.165, 1.54) is 6.08 Å². The smallest absolute Gasteiger partial charge is 0.156 e. The van der Waals surface area contributed by atoms with Crippen LogP contribution in [0.25, 0.3) is 6.08 Å². The number of rotatable bonds is 6. The van der Waals surface area contributed by atoms with Gasteiger partial charge in [-0.3, -0.25) is 4.79 Å². The second kappa shape index (κ2) is 8.32. The van der Waals surface area contributed by atoms with Gasteiger partial charge in [-0.05, 0) is 17.2 Å². The van der Waals surface area contributed by atoms with Gasteiger partial charge in [-0.25, -0.2) is 0 Å². The first kappa shape index (κ1) is 16.2. The lowest BCUT2D eigenvalue weighted by atomic mass is 9.84. The average Bonchev–Trinajstić information content (AvgIpc) is 2.62. The van der Waals surface area contributed by atoms with E-state index < -0.39 is 11.8 Å². The van der Waals surface area contributed by atoms with Crippen LogP contribution in [0, 0.1) is 28.6 Å². The maximum absolute atomic E-state index is 12.2. The largest absolute Gasteiger partial charge is 0.295 e. The highest BCUT2D eigenvalue weighted by Crippen LogP contribution is 2.28. The number of nitrogens with zero attached hydrogens (tertiary/aromatic N) is 2. The highest BCUT2D eigenvalue weighted by Gasteiger charge is 2.24. The zero-order valence-electron chi connectivity index (χ0n) is 12.6. The summed E-state index contributed by atoms with van der Waals surface area (Å²) < 4.78 is 0. The van der Waals surface area contributed by atoms with Crippen LogP contribution in [0.2, 0.25) is 0 Å². The van der Waals surface area contributed by atoms with Gasteiger partial charge in [0.25, 0.3) is 0 Å². The molecule has 2 aromatic carbocycles. The number of ketones is 1. The van der Waals surface area contributed by atoms with Gasteiger partial charge in [0.05, 0.1) is 12.1 Å². The first-order chi connectivity index (χ1) is 11.2. The van der Waals surface area contributed by atoms with Gasteiger partial charge in [0.2, 0.25) is 0 Å². The van der Waals surface area contributed by atoms with Crippen molar-refractivity contribution in [3.05, 3.63) is 77.9 Å². The van der Waals surface area contributed by atoms with Gasteiger partial charge in [0.1, 0.15) is 5.92 Å². The first-order valence-corrected chi connectivity index (χ1v) is 7.34. The second-order valence-corrected chi connectivity index (χ2v) is 5.17. The summed E-state index contributed by atoms with van der Waals surface area (Å²) in [5.74, 6) is -1.36. The Morgan fingerprint density at radius 1 is 0.957 bits per heavy atom. The van der Waals surface area contributed by atoms with Crippen LogP contribution in [0.3, 0.4) is 0 Å². The predicted octanol–water partition coefficient (Wildman–Crippen LogP) is 4.11. The molecule has 1 atom stereocenters. The minimum Gasteiger partial charge on any atom is -0.295 e. The summed E-state index contributed by atoms with van der Waals surface area (Å²) in [6, 6.07) is 22.8. The SMILES string of the molecule is N#CC(C#N)[C@H](CC(=O)/C=C/c1ccccc1)c1ccccc1. The van der Waals surface area contributed by atoms with Crippen molar-refractivity contribution in [3.63, 3.8) is 0 Å². The Balaban J connectivity index is 2.15. The van der Waals surface area contributed by atoms with Gasteiger partial charge in [0.15, 0.2) is 5.78 Å². The van der Waals surface area contributed by atoms with Gasteiger partial charge < -0.3 is 0 Å². The molecule has 0 saturated carbocycles. The quantitative estimate of drug-likeness (QED) is 0.754. The van der Waals surface area contributed by atoms with Crippen LogP contribution in [-0.4, -0.2) is 5.78 Å². The zero-order valence-corrected chi connectivity index (χ0v) is 12.6. The third kappa shape index (κ3) is 4.66. The third-order valence-electron chi connectivity index (χ3n) is 3.59. The number of nitriles is 2. The van der Waals surface area contributed by atoms with E-state index in [1.54, 1.807) is 6.08 Å². The lowest BCUT2D eigenvalue weighted by molar-refractivity contribution is -0.115. The van der Waals surface area contributed by atoms with Crippen molar-refractivity contribution in [2.75, 3.05) is 0 Å². The number of carbonyl (C=O) groups excluding carboxylic acids is 1. The summed E-state index contributed by atoms with van der Waals surface area (Å²) in [6.45, 7) is 0. The van der Waals surface area contributed by atoms with Crippen molar-refractivity contribution < 1.29 is 4.79 Å². The molecule has 0 N–H and O–H groups in total. The Labute approximate surface area is 136 Å². The molecule has 0 fully saturated rings. The van der Waals surface area contributed by atoms with Gasteiger partial charge >= 0.3 is 0 Å². The summed E-state index contributed by atoms with van der Waals surface area (Å²) in [6.07, 6.45) is 3.40. The van der Waals surface area contributed by atoms with Crippen LogP contribution in [0.4, 0.5) is 0 Å². The molecule has 0 aliphatic rings. The highest BCUT2D eigenvalue weighted by molar-refractivity contribution is 5.94. The van der Waals surface area contributed by atoms with E-state index in [2.05, 4.69) is 0 Å². The normalized spacial score (nSPS) is 11.8. The minimum absolute atomic E-state index is 0.0989. The van der Waals surface area contributed by atoms with Crippen molar-refractivity contribution in [2.45, 2.75) is 12.3 Å². The van der Waals surface area contributed by atoms with E-state index in [1.807, 2.05) is 72.8 Å². The molecule has 0 aromatic heterocycles. The molecule has 0 unspecified atom stereocenters. The monoisotopic (exact) mass is 300 g/mol. The minimum atomic E-state index is -0.841. The van der Waals surface area contributed by atoms with Crippen molar-refractivity contribution in [1.82, 2.24) is 0 Å². The fourth-order valence-electron chi connectivity index (χ4n) is 2.38. The van der Waals surface area contributed by atoms with Gasteiger partial charge in [-0.2, -0.15) is 10.5 Å². The summed E-state index contributed by atoms with van der Waals surface area (Å²) in [7, 11) is 0. The van der Waals surface area contributed by atoms with Crippen LogP contribution in [0.5, 0.6) is 0 Å². The Morgan fingerprint density at radius 2 is 1.52 bits per heavy atom. The van der Waals surface area contributed by atoms with Crippen LogP contribution in [-0.2, 0) is 4.79 Å². The maximum Gasteiger partial charge on any atom is 0.156 e. The molecule has 2 aromatic rings. The number of hydrogen-bond donors (Lipinski definition) is 0. The summed E-state index contributed by atoms with van der Waals surface area (Å²) >= 11 is 0. The Hall–Kier alpha value is -3.17. The first-order valence-electron chi connectivity index (χ1n) is 7.34. The molecular formula is C20H16N2O. The Bertz CT molecular complexity index is 738. The standard InChI is InChI=1S/C20H16N2O/c21-14-18(15-22)20(17-9-5-2-6-10-17)13-19(23)12-11-16-7-3-1-4-8-16/h1-12,18,20H,13H2/b12-11+/t20-/m1/s1. The van der Waals surface area contributed by atoms with Gasteiger partial charge in [-0.1, -0.05) is 66.7 Å². The van der Waals surface area contributed by atoms with Gasteiger partial charge in [-0.15, -0.1) is 0 Å². The van der Waals surface area contributed by atoms with Crippen LogP contribution >= 0.6 is 0 Å². The second-order valence-electron chi connectivity index (χ2n) is 5.17. The number of allylic oxidation sites excluding steroid dienone is 1. The maximum atomic E-state index is 12.2. The molecule has 112 valence electrons. The van der Waals surface area contributed by atoms with Crippen LogP contribution in [0.15, 0.2) is 66.7 Å².